The number of fused-ring (bicyclic) bond motifs is 1. The summed E-state index contributed by atoms with van der Waals surface area (Å²) in [6.07, 6.45) is 3.82. The largest absolute Gasteiger partial charge is 0.324 e. The lowest BCUT2D eigenvalue weighted by Crippen LogP contribution is -2.47. The van der Waals surface area contributed by atoms with E-state index in [1.54, 1.807) is 60.1 Å². The summed E-state index contributed by atoms with van der Waals surface area (Å²) in [4.78, 5) is 56.3. The number of thiazole rings is 1. The Morgan fingerprint density at radius 2 is 1.70 bits per heavy atom. The highest BCUT2D eigenvalue weighted by Crippen LogP contribution is 2.27. The molecular weight excluding hydrogens is 460 g/mol. The molecule has 10 heteroatoms. The zero-order chi connectivity index (χ0) is 23.4. The van der Waals surface area contributed by atoms with E-state index in [1.165, 1.54) is 23.1 Å². The molecule has 0 bridgehead atoms. The molecule has 33 heavy (non-hydrogen) atoms. The molecule has 1 aliphatic heterocycles. The highest BCUT2D eigenvalue weighted by molar-refractivity contribution is 7.98. The van der Waals surface area contributed by atoms with E-state index in [1.807, 2.05) is 6.26 Å². The number of amides is 4. The lowest BCUT2D eigenvalue weighted by atomic mass is 10.1. The molecule has 1 unspecified atom stereocenters. The normalized spacial score (nSPS) is 13.5. The van der Waals surface area contributed by atoms with Gasteiger partial charge in [-0.25, -0.2) is 4.98 Å². The predicted molar refractivity (Wildman–Crippen MR) is 129 cm³/mol. The predicted octanol–water partition coefficient (Wildman–Crippen LogP) is 3.75. The van der Waals surface area contributed by atoms with Crippen molar-refractivity contribution in [2.24, 2.45) is 0 Å². The first-order valence-corrected chi connectivity index (χ1v) is 12.3. The Kier molecular flexibility index (Phi) is 6.85. The zero-order valence-electron chi connectivity index (χ0n) is 17.6. The first kappa shape index (κ1) is 22.7. The monoisotopic (exact) mass is 480 g/mol. The Morgan fingerprint density at radius 1 is 1.03 bits per heavy atom. The van der Waals surface area contributed by atoms with E-state index < -0.39 is 23.8 Å². The number of imide groups is 1. The number of anilines is 2. The van der Waals surface area contributed by atoms with Crippen molar-refractivity contribution >= 4 is 57.5 Å². The van der Waals surface area contributed by atoms with Crippen molar-refractivity contribution < 1.29 is 19.2 Å². The second kappa shape index (κ2) is 9.97. The van der Waals surface area contributed by atoms with Crippen LogP contribution in [0.5, 0.6) is 0 Å². The number of rotatable bonds is 8. The molecule has 8 nitrogen and oxygen atoms in total. The molecule has 4 rings (SSSR count). The van der Waals surface area contributed by atoms with Gasteiger partial charge in [-0.05, 0) is 54.8 Å². The van der Waals surface area contributed by atoms with Gasteiger partial charge in [-0.3, -0.25) is 29.4 Å². The summed E-state index contributed by atoms with van der Waals surface area (Å²) in [5.41, 5.74) is 1.47. The molecule has 0 saturated heterocycles. The van der Waals surface area contributed by atoms with Gasteiger partial charge >= 0.3 is 0 Å². The van der Waals surface area contributed by atoms with Crippen LogP contribution in [0.25, 0.3) is 0 Å². The maximum Gasteiger partial charge on any atom is 0.262 e. The average Bonchev–Trinajstić information content (AvgIpc) is 3.42. The number of carbonyl (C=O) groups excluding carboxylic acids is 4. The van der Waals surface area contributed by atoms with Crippen molar-refractivity contribution in [3.63, 3.8) is 0 Å². The highest BCUT2D eigenvalue weighted by Gasteiger charge is 2.42. The van der Waals surface area contributed by atoms with Crippen molar-refractivity contribution in [3.05, 3.63) is 76.8 Å². The summed E-state index contributed by atoms with van der Waals surface area (Å²) in [6, 6.07) is 12.0. The Labute approximate surface area is 198 Å². The van der Waals surface area contributed by atoms with Gasteiger partial charge in [0, 0.05) is 22.8 Å². The van der Waals surface area contributed by atoms with Gasteiger partial charge in [0.2, 0.25) is 5.91 Å². The molecule has 0 aliphatic carbocycles. The molecule has 2 heterocycles. The first-order valence-electron chi connectivity index (χ1n) is 10.1. The van der Waals surface area contributed by atoms with E-state index in [0.29, 0.717) is 39.7 Å². The summed E-state index contributed by atoms with van der Waals surface area (Å²) in [5.74, 6) is -1.11. The van der Waals surface area contributed by atoms with Gasteiger partial charge in [0.05, 0.1) is 11.1 Å². The SMILES string of the molecule is CSCCC(C(=O)Nc1ccc(C(=O)Nc2nccs2)cc1)N1C(=O)c2ccccc2C1=O. The van der Waals surface area contributed by atoms with Gasteiger partial charge in [-0.15, -0.1) is 11.3 Å². The maximum atomic E-state index is 13.1. The van der Waals surface area contributed by atoms with Gasteiger partial charge in [-0.1, -0.05) is 12.1 Å². The number of carbonyl (C=O) groups is 4. The topological polar surface area (TPSA) is 108 Å². The van der Waals surface area contributed by atoms with Gasteiger partial charge in [0.15, 0.2) is 5.13 Å². The van der Waals surface area contributed by atoms with E-state index >= 15 is 0 Å². The second-order valence-corrected chi connectivity index (χ2v) is 9.06. The third kappa shape index (κ3) is 4.81. The van der Waals surface area contributed by atoms with Crippen molar-refractivity contribution in [2.75, 3.05) is 22.6 Å². The van der Waals surface area contributed by atoms with Crippen LogP contribution in [0.15, 0.2) is 60.1 Å². The maximum absolute atomic E-state index is 13.1. The fourth-order valence-corrected chi connectivity index (χ4v) is 4.47. The zero-order valence-corrected chi connectivity index (χ0v) is 19.2. The highest BCUT2D eigenvalue weighted by atomic mass is 32.2. The summed E-state index contributed by atoms with van der Waals surface area (Å²) in [7, 11) is 0. The molecule has 3 aromatic rings. The van der Waals surface area contributed by atoms with Crippen LogP contribution in [0.4, 0.5) is 10.8 Å². The summed E-state index contributed by atoms with van der Waals surface area (Å²) in [6.45, 7) is 0. The average molecular weight is 481 g/mol. The van der Waals surface area contributed by atoms with Crippen molar-refractivity contribution in [1.82, 2.24) is 9.88 Å². The van der Waals surface area contributed by atoms with E-state index in [9.17, 15) is 19.2 Å². The smallest absolute Gasteiger partial charge is 0.262 e. The summed E-state index contributed by atoms with van der Waals surface area (Å²) in [5, 5.41) is 7.72. The van der Waals surface area contributed by atoms with Gasteiger partial charge in [-0.2, -0.15) is 11.8 Å². The minimum absolute atomic E-state index is 0.306. The van der Waals surface area contributed by atoms with Crippen molar-refractivity contribution in [2.45, 2.75) is 12.5 Å². The Morgan fingerprint density at radius 3 is 2.27 bits per heavy atom. The molecule has 2 N–H and O–H groups in total. The summed E-state index contributed by atoms with van der Waals surface area (Å²) < 4.78 is 0. The summed E-state index contributed by atoms with van der Waals surface area (Å²) >= 11 is 2.84. The molecule has 0 radical (unpaired) electrons. The quantitative estimate of drug-likeness (QED) is 0.476. The van der Waals surface area contributed by atoms with Crippen LogP contribution in [0.2, 0.25) is 0 Å². The van der Waals surface area contributed by atoms with Crippen LogP contribution in [-0.2, 0) is 4.79 Å². The van der Waals surface area contributed by atoms with Crippen LogP contribution >= 0.6 is 23.1 Å². The minimum atomic E-state index is -0.947. The number of aromatic nitrogens is 1. The standard InChI is InChI=1S/C23H20N4O4S2/c1-32-12-10-18(27-21(30)16-4-2-3-5-17(16)22(27)31)20(29)25-15-8-6-14(7-9-15)19(28)26-23-24-11-13-33-23/h2-9,11,13,18H,10,12H2,1H3,(H,25,29)(H,24,26,28). The molecule has 1 aromatic heterocycles. The number of benzene rings is 2. The number of hydrogen-bond donors (Lipinski definition) is 2. The van der Waals surface area contributed by atoms with E-state index in [2.05, 4.69) is 15.6 Å². The molecule has 1 aliphatic rings. The molecular formula is C23H20N4O4S2. The molecule has 1 atom stereocenters. The molecule has 2 aromatic carbocycles. The molecule has 168 valence electrons. The number of nitrogens with one attached hydrogen (secondary N) is 2. The van der Waals surface area contributed by atoms with Gasteiger partial charge in [0.1, 0.15) is 6.04 Å². The van der Waals surface area contributed by atoms with Crippen molar-refractivity contribution in [1.29, 1.82) is 0 Å². The molecule has 4 amide bonds. The van der Waals surface area contributed by atoms with Crippen molar-refractivity contribution in [3.8, 4) is 0 Å². The third-order valence-electron chi connectivity index (χ3n) is 5.10. The lowest BCUT2D eigenvalue weighted by Gasteiger charge is -2.25. The Hall–Kier alpha value is -3.50. The minimum Gasteiger partial charge on any atom is -0.324 e. The fraction of sp³-hybridized carbons (Fsp3) is 0.174. The van der Waals surface area contributed by atoms with Gasteiger partial charge in [0.25, 0.3) is 17.7 Å². The van der Waals surface area contributed by atoms with Gasteiger partial charge < -0.3 is 5.32 Å². The lowest BCUT2D eigenvalue weighted by molar-refractivity contribution is -0.120. The number of hydrogen-bond acceptors (Lipinski definition) is 7. The van der Waals surface area contributed by atoms with Crippen LogP contribution in [0.1, 0.15) is 37.5 Å². The third-order valence-corrected chi connectivity index (χ3v) is 6.44. The Balaban J connectivity index is 1.48. The van der Waals surface area contributed by atoms with E-state index in [0.717, 1.165) is 4.90 Å². The molecule has 0 saturated carbocycles. The molecule has 0 fully saturated rings. The Bertz CT molecular complexity index is 1160. The van der Waals surface area contributed by atoms with Crippen LogP contribution < -0.4 is 10.6 Å². The van der Waals surface area contributed by atoms with E-state index in [-0.39, 0.29) is 5.91 Å². The van der Waals surface area contributed by atoms with E-state index in [4.69, 9.17) is 0 Å². The number of thioether (sulfide) groups is 1. The van der Waals surface area contributed by atoms with Crippen LogP contribution in [0.3, 0.4) is 0 Å². The first-order chi connectivity index (χ1) is 16.0. The van der Waals surface area contributed by atoms with Crippen LogP contribution in [0, 0.1) is 0 Å². The van der Waals surface area contributed by atoms with Crippen LogP contribution in [-0.4, -0.2) is 51.6 Å². The molecule has 0 spiro atoms. The second-order valence-electron chi connectivity index (χ2n) is 7.18. The number of nitrogens with zero attached hydrogens (tertiary/aromatic N) is 2. The fourth-order valence-electron chi connectivity index (χ4n) is 3.48.